The Balaban J connectivity index is 0.0000121. The van der Waals surface area contributed by atoms with Crippen LogP contribution in [0.25, 0.3) is 0 Å². The van der Waals surface area contributed by atoms with Crippen molar-refractivity contribution in [3.8, 4) is 0 Å². The molecule has 2 aromatic carbocycles. The number of carbonyl (C=O) groups is 2. The van der Waals surface area contributed by atoms with Crippen molar-refractivity contribution in [1.82, 2.24) is 19.6 Å². The maximum Gasteiger partial charge on any atom is 0.311 e. The number of nitrogens with zero attached hydrogens (tertiary/aromatic N) is 4. The molecule has 0 unspecified atom stereocenters. The molecule has 1 saturated carbocycles. The second-order valence-electron chi connectivity index (χ2n) is 27.2. The van der Waals surface area contributed by atoms with Gasteiger partial charge in [-0.15, -0.1) is 0 Å². The number of aliphatic hydroxyl groups excluding tert-OH is 3. The van der Waals surface area contributed by atoms with Crippen LogP contribution in [0.5, 0.6) is 0 Å². The van der Waals surface area contributed by atoms with Gasteiger partial charge in [0, 0.05) is 38.5 Å². The molecular formula is C68H110ClN4O13P. The number of rotatable bonds is 23. The van der Waals surface area contributed by atoms with E-state index >= 15 is 0 Å². The minimum Gasteiger partial charge on any atom is -1.00 e. The lowest BCUT2D eigenvalue weighted by Gasteiger charge is -2.48. The van der Waals surface area contributed by atoms with Gasteiger partial charge in [0.1, 0.15) is 53.2 Å². The normalized spacial score (nSPS) is 35.2. The fourth-order valence-corrected chi connectivity index (χ4v) is 18.7. The van der Waals surface area contributed by atoms with Crippen LogP contribution in [0.1, 0.15) is 184 Å². The molecule has 87 heavy (non-hydrogen) atoms. The van der Waals surface area contributed by atoms with Crippen LogP contribution in [0.2, 0.25) is 0 Å². The van der Waals surface area contributed by atoms with Crippen LogP contribution in [0.15, 0.2) is 73.1 Å². The van der Waals surface area contributed by atoms with Gasteiger partial charge in [0.05, 0.1) is 72.2 Å². The van der Waals surface area contributed by atoms with E-state index in [2.05, 4.69) is 77.7 Å². The summed E-state index contributed by atoms with van der Waals surface area (Å²) in [5.74, 6) is -3.27. The van der Waals surface area contributed by atoms with E-state index in [1.807, 2.05) is 39.8 Å². The van der Waals surface area contributed by atoms with E-state index in [1.165, 1.54) is 49.2 Å². The van der Waals surface area contributed by atoms with Crippen molar-refractivity contribution in [2.45, 2.75) is 275 Å². The largest absolute Gasteiger partial charge is 1.00 e. The maximum atomic E-state index is 14.7. The second-order valence-corrected chi connectivity index (χ2v) is 30.8. The van der Waals surface area contributed by atoms with Gasteiger partial charge in [-0.3, -0.25) is 14.3 Å². The molecule has 0 radical (unpaired) electrons. The lowest BCUT2D eigenvalue weighted by Crippen LogP contribution is -3.00. The van der Waals surface area contributed by atoms with Crippen molar-refractivity contribution < 1.29 is 75.9 Å². The van der Waals surface area contributed by atoms with Gasteiger partial charge >= 0.3 is 5.97 Å². The van der Waals surface area contributed by atoms with Crippen molar-refractivity contribution in [2.24, 2.45) is 17.8 Å². The van der Waals surface area contributed by atoms with Crippen molar-refractivity contribution in [2.75, 3.05) is 33.9 Å². The zero-order valence-electron chi connectivity index (χ0n) is 54.7. The van der Waals surface area contributed by atoms with Crippen LogP contribution in [0.4, 0.5) is 0 Å². The Bertz CT molecular complexity index is 2500. The Morgan fingerprint density at radius 3 is 1.93 bits per heavy atom. The third kappa shape index (κ3) is 17.5. The number of hydrogen-bond donors (Lipinski definition) is 5. The number of methoxy groups -OCH3 is 1. The zero-order chi connectivity index (χ0) is 62.7. The summed E-state index contributed by atoms with van der Waals surface area (Å²) in [6.45, 7) is 17.5. The van der Waals surface area contributed by atoms with Crippen molar-refractivity contribution in [3.63, 3.8) is 0 Å². The summed E-state index contributed by atoms with van der Waals surface area (Å²) < 4.78 is 40.6. The Morgan fingerprint density at radius 2 is 1.38 bits per heavy atom. The van der Waals surface area contributed by atoms with E-state index in [9.17, 15) is 35.1 Å². The fourth-order valence-electron chi connectivity index (χ4n) is 14.4. The molecule has 4 aliphatic rings. The topological polar surface area (TPSA) is 215 Å². The van der Waals surface area contributed by atoms with Gasteiger partial charge in [-0.2, -0.15) is 5.10 Å². The quantitative estimate of drug-likeness (QED) is 0.0443. The predicted octanol–water partition coefficient (Wildman–Crippen LogP) is 5.62. The number of amides is 1. The minimum absolute atomic E-state index is 0. The number of benzene rings is 2. The Kier molecular flexibility index (Phi) is 27.2. The lowest BCUT2D eigenvalue weighted by atomic mass is 9.77. The summed E-state index contributed by atoms with van der Waals surface area (Å²) in [6.07, 6.45) is 9.27. The van der Waals surface area contributed by atoms with E-state index in [1.54, 1.807) is 46.4 Å². The van der Waals surface area contributed by atoms with Crippen LogP contribution in [-0.2, 0) is 38.0 Å². The van der Waals surface area contributed by atoms with Crippen LogP contribution < -0.4 is 28.3 Å². The second kappa shape index (κ2) is 32.4. The summed E-state index contributed by atoms with van der Waals surface area (Å²) in [5.41, 5.74) is -4.80. The molecule has 18 atom stereocenters. The Hall–Kier alpha value is -3.13. The molecule has 7 rings (SSSR count). The molecule has 1 aliphatic carbocycles. The number of unbranched alkanes of at least 4 members (excludes halogenated alkanes) is 8. The molecule has 1 aromatic heterocycles. The number of hydrogen-bond acceptors (Lipinski definition) is 15. The number of aromatic nitrogens is 2. The van der Waals surface area contributed by atoms with Gasteiger partial charge in [-0.1, -0.05) is 95.7 Å². The average Bonchev–Trinajstić information content (AvgIpc) is 1.84. The summed E-state index contributed by atoms with van der Waals surface area (Å²) in [4.78, 5) is 32.9. The van der Waals surface area contributed by atoms with E-state index in [4.69, 9.17) is 33.5 Å². The first-order valence-corrected chi connectivity index (χ1v) is 34.6. The number of likely N-dealkylation sites (N-methyl/N-ethyl adjacent to an activating group) is 1. The zero-order valence-corrected chi connectivity index (χ0v) is 56.4. The van der Waals surface area contributed by atoms with Gasteiger partial charge in [-0.05, 0) is 151 Å². The van der Waals surface area contributed by atoms with Gasteiger partial charge in [0.15, 0.2) is 12.6 Å². The van der Waals surface area contributed by atoms with Crippen LogP contribution in [0.3, 0.4) is 0 Å². The Morgan fingerprint density at radius 1 is 0.793 bits per heavy atom. The molecule has 4 fully saturated rings. The standard InChI is InChI=1S/C68H110N4O13P.ClH/c1-14-56-68(10,79)61(75)49(6)71(57(73)37-28-20-18-16-15-17-19-21-29-38-86(52-33-24-22-25-34-52,53-35-26-23-27-36-53)54-42-69-72(44-54)51-31-30-32-51)43-45(2)40-66(8,78)63(85-65-59(74)55(70(11)12)39-46(3)81-65)47(4)60(48(5)64(77)83-56)84-58-41-67(9,80-13)62(76)50(7)82-58;/h22-27,33-36,42,44-51,55-56,58-63,65,74-76,78-79H,14-21,28-32,37-41,43H2,1-13H3;1H/q+1;/p-1/t45-,46-,47+,48-,49-,50+,55+,56-,58+,59-,60+,61-,62+,63-,65+,66-,67-,68-;/m1./s1. The molecule has 492 valence electrons. The fraction of sp³-hybridized carbons (Fsp3) is 0.750. The van der Waals surface area contributed by atoms with Crippen LogP contribution in [0, 0.1) is 17.8 Å². The van der Waals surface area contributed by atoms with Gasteiger partial charge in [0.25, 0.3) is 0 Å². The van der Waals surface area contributed by atoms with Crippen molar-refractivity contribution >= 4 is 35.1 Å². The summed E-state index contributed by atoms with van der Waals surface area (Å²) in [7, 11) is 3.33. The van der Waals surface area contributed by atoms with E-state index in [0.29, 0.717) is 18.9 Å². The number of cyclic esters (lactones) is 1. The highest BCUT2D eigenvalue weighted by Gasteiger charge is 2.54. The van der Waals surface area contributed by atoms with Crippen LogP contribution >= 0.6 is 7.26 Å². The van der Waals surface area contributed by atoms with Gasteiger partial charge in [-0.25, -0.2) is 0 Å². The van der Waals surface area contributed by atoms with E-state index in [0.717, 1.165) is 57.5 Å². The molecule has 19 heteroatoms. The number of esters is 1. The highest BCUT2D eigenvalue weighted by Crippen LogP contribution is 2.56. The number of carbonyl (C=O) groups excluding carboxylic acids is 2. The van der Waals surface area contributed by atoms with Gasteiger partial charge in [0.2, 0.25) is 5.91 Å². The summed E-state index contributed by atoms with van der Waals surface area (Å²) >= 11 is 0. The SMILES string of the molecule is CC[C@H]1OC(=O)[C@H](C)[C@@H](O[C@H]2C[C@@](C)(OC)[C@@H](O)[C@H](C)O2)[C@H](C)[C@@H](O[C@@H]2O[C@H](C)C[C@H](N(C)C)[C@H]2O)[C@](C)(O)C[C@@H](C)CN(C(=O)CCCCCCCCCCC[P+](c2ccccc2)(c2ccccc2)c2cnn(C3CCC3)c2)[C@H](C)[C@@H](O)[C@]1(C)O.[Cl-]. The highest BCUT2D eigenvalue weighted by atomic mass is 35.5. The van der Waals surface area contributed by atoms with Crippen molar-refractivity contribution in [1.29, 1.82) is 0 Å². The van der Waals surface area contributed by atoms with Crippen molar-refractivity contribution in [3.05, 3.63) is 73.1 Å². The minimum atomic E-state index is -2.01. The first-order chi connectivity index (χ1) is 40.8. The molecule has 3 aromatic rings. The number of aliphatic hydroxyl groups is 5. The Labute approximate surface area is 527 Å². The monoisotopic (exact) mass is 1260 g/mol. The molecule has 5 N–H and O–H groups in total. The molecule has 1 amide bonds. The highest BCUT2D eigenvalue weighted by molar-refractivity contribution is 7.95. The molecular weight excluding hydrogens is 1150 g/mol. The molecule has 0 bridgehead atoms. The lowest BCUT2D eigenvalue weighted by molar-refractivity contribution is -0.318. The predicted molar refractivity (Wildman–Crippen MR) is 338 cm³/mol. The molecule has 3 aliphatic heterocycles. The molecule has 0 spiro atoms. The molecule has 3 saturated heterocycles. The maximum absolute atomic E-state index is 14.7. The first kappa shape index (κ1) is 72.9. The first-order valence-electron chi connectivity index (χ1n) is 32.7. The number of halogens is 1. The van der Waals surface area contributed by atoms with Gasteiger partial charge < -0.3 is 76.2 Å². The third-order valence-electron chi connectivity index (χ3n) is 20.0. The number of ether oxygens (including phenoxy) is 6. The van der Waals surface area contributed by atoms with Crippen LogP contribution in [-0.4, -0.2) is 181 Å². The smallest absolute Gasteiger partial charge is 0.311 e. The summed E-state index contributed by atoms with van der Waals surface area (Å²) in [5, 5.41) is 69.8. The van der Waals surface area contributed by atoms with E-state index < -0.39 is 109 Å². The third-order valence-corrected chi connectivity index (χ3v) is 24.4. The summed E-state index contributed by atoms with van der Waals surface area (Å²) in [6, 6.07) is 21.5. The molecule has 4 heterocycles. The van der Waals surface area contributed by atoms with E-state index in [-0.39, 0.29) is 62.7 Å². The average molecular weight is 1260 g/mol. The molecule has 17 nitrogen and oxygen atoms in total.